The van der Waals surface area contributed by atoms with Crippen molar-refractivity contribution in [1.29, 1.82) is 0 Å². The van der Waals surface area contributed by atoms with Gasteiger partial charge in [-0.1, -0.05) is 90.4 Å². The van der Waals surface area contributed by atoms with E-state index in [-0.39, 0.29) is 5.91 Å². The van der Waals surface area contributed by atoms with Crippen LogP contribution in [0.5, 0.6) is 0 Å². The Hall–Kier alpha value is -1.36. The molecule has 0 unspecified atom stereocenters. The smallest absolute Gasteiger partial charge is 0.235 e. The predicted molar refractivity (Wildman–Crippen MR) is 113 cm³/mol. The molecule has 0 atom stereocenters. The van der Waals surface area contributed by atoms with Crippen LogP contribution in [0.3, 0.4) is 0 Å². The van der Waals surface area contributed by atoms with Crippen LogP contribution in [0.4, 0.5) is 0 Å². The first-order chi connectivity index (χ1) is 12.3. The molecular formula is C22H26INO. The first-order valence-electron chi connectivity index (χ1n) is 9.29. The normalized spacial score (nSPS) is 14.0. The van der Waals surface area contributed by atoms with Crippen molar-refractivity contribution >= 4 is 28.5 Å². The maximum Gasteiger partial charge on any atom is 0.235 e. The molecule has 25 heavy (non-hydrogen) atoms. The third kappa shape index (κ3) is 3.35. The van der Waals surface area contributed by atoms with E-state index in [0.29, 0.717) is 6.54 Å². The number of hydrogen-bond donors (Lipinski definition) is 1. The summed E-state index contributed by atoms with van der Waals surface area (Å²) in [5.41, 5.74) is 4.26. The van der Waals surface area contributed by atoms with Crippen molar-refractivity contribution in [1.82, 2.24) is 5.32 Å². The van der Waals surface area contributed by atoms with E-state index in [1.165, 1.54) is 45.9 Å². The zero-order valence-electron chi connectivity index (χ0n) is 14.9. The molecule has 0 aromatic heterocycles. The van der Waals surface area contributed by atoms with Crippen LogP contribution in [0.2, 0.25) is 0 Å². The summed E-state index contributed by atoms with van der Waals surface area (Å²) in [6, 6.07) is 16.9. The lowest BCUT2D eigenvalue weighted by Crippen LogP contribution is -2.44. The van der Waals surface area contributed by atoms with Crippen LogP contribution >= 0.6 is 22.6 Å². The molecule has 2 nitrogen and oxygen atoms in total. The van der Waals surface area contributed by atoms with Gasteiger partial charge in [-0.15, -0.1) is 0 Å². The Morgan fingerprint density at radius 3 is 2.04 bits per heavy atom. The van der Waals surface area contributed by atoms with Crippen LogP contribution in [-0.2, 0) is 10.2 Å². The van der Waals surface area contributed by atoms with Crippen molar-refractivity contribution < 1.29 is 4.79 Å². The van der Waals surface area contributed by atoms with Crippen molar-refractivity contribution in [2.45, 2.75) is 44.4 Å². The number of likely N-dealkylation sites (N-methyl/N-ethyl adjacent to an activating group) is 1. The number of carbonyl (C=O) groups is 1. The maximum absolute atomic E-state index is 13.3. The number of alkyl halides is 1. The van der Waals surface area contributed by atoms with E-state index in [9.17, 15) is 4.79 Å². The highest BCUT2D eigenvalue weighted by Gasteiger charge is 2.48. The van der Waals surface area contributed by atoms with Gasteiger partial charge in [0, 0.05) is 6.54 Å². The molecule has 1 amide bonds. The van der Waals surface area contributed by atoms with Gasteiger partial charge in [-0.05, 0) is 46.4 Å². The van der Waals surface area contributed by atoms with Gasteiger partial charge >= 0.3 is 0 Å². The van der Waals surface area contributed by atoms with Gasteiger partial charge in [-0.25, -0.2) is 0 Å². The Labute approximate surface area is 164 Å². The summed E-state index contributed by atoms with van der Waals surface area (Å²) >= 11 is 2.44. The molecule has 0 bridgehead atoms. The molecule has 0 saturated heterocycles. The van der Waals surface area contributed by atoms with Crippen molar-refractivity contribution in [2.75, 3.05) is 11.0 Å². The Morgan fingerprint density at radius 1 is 0.920 bits per heavy atom. The SMILES string of the molecule is CCNC(=O)C1(CCCCCCI)c2ccccc2-c2ccccc21. The zero-order chi connectivity index (χ0) is 17.7. The Balaban J connectivity index is 2.02. The van der Waals surface area contributed by atoms with Gasteiger partial charge in [0.15, 0.2) is 0 Å². The van der Waals surface area contributed by atoms with Crippen LogP contribution in [0, 0.1) is 0 Å². The van der Waals surface area contributed by atoms with Gasteiger partial charge in [0.2, 0.25) is 5.91 Å². The van der Waals surface area contributed by atoms with Gasteiger partial charge in [0.25, 0.3) is 0 Å². The van der Waals surface area contributed by atoms with E-state index >= 15 is 0 Å². The minimum absolute atomic E-state index is 0.154. The second kappa shape index (κ2) is 8.35. The fourth-order valence-corrected chi connectivity index (χ4v) is 4.64. The largest absolute Gasteiger partial charge is 0.355 e. The lowest BCUT2D eigenvalue weighted by Gasteiger charge is -2.31. The van der Waals surface area contributed by atoms with E-state index in [2.05, 4.69) is 76.4 Å². The summed E-state index contributed by atoms with van der Waals surface area (Å²) in [4.78, 5) is 13.3. The number of hydrogen-bond acceptors (Lipinski definition) is 1. The van der Waals surface area contributed by atoms with E-state index in [1.54, 1.807) is 0 Å². The van der Waals surface area contributed by atoms with Crippen LogP contribution < -0.4 is 5.32 Å². The van der Waals surface area contributed by atoms with Crippen molar-refractivity contribution in [3.63, 3.8) is 0 Å². The standard InChI is InChI=1S/C22H26INO/c1-2-24-21(25)22(15-9-3-4-10-16-23)19-13-7-5-11-17(19)18-12-6-8-14-20(18)22/h5-8,11-14H,2-4,9-10,15-16H2,1H3,(H,24,25). The van der Waals surface area contributed by atoms with E-state index in [0.717, 1.165) is 12.8 Å². The molecule has 0 radical (unpaired) electrons. The van der Waals surface area contributed by atoms with Crippen molar-refractivity contribution in [3.05, 3.63) is 59.7 Å². The van der Waals surface area contributed by atoms with Gasteiger partial charge in [-0.2, -0.15) is 0 Å². The number of unbranched alkanes of at least 4 members (excludes halogenated alkanes) is 3. The number of rotatable bonds is 8. The van der Waals surface area contributed by atoms with Crippen molar-refractivity contribution in [3.8, 4) is 11.1 Å². The van der Waals surface area contributed by atoms with Gasteiger partial charge in [0.1, 0.15) is 5.41 Å². The molecule has 2 aromatic carbocycles. The molecule has 0 heterocycles. The Morgan fingerprint density at radius 2 is 1.48 bits per heavy atom. The second-order valence-corrected chi connectivity index (χ2v) is 7.79. The first kappa shape index (κ1) is 18.4. The lowest BCUT2D eigenvalue weighted by molar-refractivity contribution is -0.125. The van der Waals surface area contributed by atoms with Crippen molar-refractivity contribution in [2.24, 2.45) is 0 Å². The summed E-state index contributed by atoms with van der Waals surface area (Å²) in [6.45, 7) is 2.67. The average molecular weight is 447 g/mol. The zero-order valence-corrected chi connectivity index (χ0v) is 17.0. The molecule has 0 saturated carbocycles. The molecule has 3 heteroatoms. The third-order valence-electron chi connectivity index (χ3n) is 5.22. The number of nitrogens with one attached hydrogen (secondary N) is 1. The maximum atomic E-state index is 13.3. The molecule has 1 aliphatic rings. The van der Waals surface area contributed by atoms with E-state index in [4.69, 9.17) is 0 Å². The second-order valence-electron chi connectivity index (χ2n) is 6.71. The summed E-state index contributed by atoms with van der Waals surface area (Å²) in [5, 5.41) is 3.12. The van der Waals surface area contributed by atoms with E-state index < -0.39 is 5.41 Å². The van der Waals surface area contributed by atoms with Crippen LogP contribution in [0.1, 0.15) is 50.2 Å². The summed E-state index contributed by atoms with van der Waals surface area (Å²) in [5.74, 6) is 0.154. The van der Waals surface area contributed by atoms with E-state index in [1.807, 2.05) is 6.92 Å². The van der Waals surface area contributed by atoms with Crippen LogP contribution in [-0.4, -0.2) is 16.9 Å². The highest BCUT2D eigenvalue weighted by molar-refractivity contribution is 14.1. The molecule has 1 aliphatic carbocycles. The molecule has 132 valence electrons. The fraction of sp³-hybridized carbons (Fsp3) is 0.409. The number of fused-ring (bicyclic) bond motifs is 3. The summed E-state index contributed by atoms with van der Waals surface area (Å²) in [6.07, 6.45) is 5.67. The third-order valence-corrected chi connectivity index (χ3v) is 5.99. The number of amides is 1. The number of halogens is 1. The molecule has 0 spiro atoms. The van der Waals surface area contributed by atoms with Gasteiger partial charge in [-0.3, -0.25) is 4.79 Å². The van der Waals surface area contributed by atoms with Crippen LogP contribution in [0.15, 0.2) is 48.5 Å². The molecule has 2 aromatic rings. The summed E-state index contributed by atoms with van der Waals surface area (Å²) in [7, 11) is 0. The summed E-state index contributed by atoms with van der Waals surface area (Å²) < 4.78 is 1.21. The monoisotopic (exact) mass is 447 g/mol. The van der Waals surface area contributed by atoms with Gasteiger partial charge in [0.05, 0.1) is 0 Å². The first-order valence-corrected chi connectivity index (χ1v) is 10.8. The quantitative estimate of drug-likeness (QED) is 0.324. The molecule has 1 N–H and O–H groups in total. The highest BCUT2D eigenvalue weighted by Crippen LogP contribution is 2.51. The topological polar surface area (TPSA) is 29.1 Å². The average Bonchev–Trinajstić information content (AvgIpc) is 2.93. The Kier molecular flexibility index (Phi) is 6.15. The molecular weight excluding hydrogens is 421 g/mol. The minimum Gasteiger partial charge on any atom is -0.355 e. The highest BCUT2D eigenvalue weighted by atomic mass is 127. The Bertz CT molecular complexity index is 695. The number of benzene rings is 2. The lowest BCUT2D eigenvalue weighted by atomic mass is 9.73. The molecule has 3 rings (SSSR count). The predicted octanol–water partition coefficient (Wildman–Crippen LogP) is 5.47. The van der Waals surface area contributed by atoms with Crippen LogP contribution in [0.25, 0.3) is 11.1 Å². The molecule has 0 aliphatic heterocycles. The van der Waals surface area contributed by atoms with Gasteiger partial charge < -0.3 is 5.32 Å². The minimum atomic E-state index is -0.534. The number of carbonyl (C=O) groups excluding carboxylic acids is 1. The molecule has 0 fully saturated rings. The fourth-order valence-electron chi connectivity index (χ4n) is 4.10.